The number of benzene rings is 2. The predicted molar refractivity (Wildman–Crippen MR) is 115 cm³/mol. The van der Waals surface area contributed by atoms with Crippen LogP contribution in [-0.2, 0) is 6.42 Å². The van der Waals surface area contributed by atoms with Gasteiger partial charge in [-0.2, -0.15) is 0 Å². The molecule has 1 amide bonds. The molecule has 0 atom stereocenters. The fourth-order valence-corrected chi connectivity index (χ4v) is 4.34. The molecule has 0 spiro atoms. The maximum absolute atomic E-state index is 13.0. The zero-order chi connectivity index (χ0) is 19.5. The molecule has 2 aromatic carbocycles. The maximum Gasteiger partial charge on any atom is 0.265 e. The number of fused-ring (bicyclic) bond motifs is 1. The van der Waals surface area contributed by atoms with Gasteiger partial charge in [-0.1, -0.05) is 48.5 Å². The number of carbonyl (C=O) groups is 1. The Labute approximate surface area is 168 Å². The van der Waals surface area contributed by atoms with Gasteiger partial charge >= 0.3 is 0 Å². The summed E-state index contributed by atoms with van der Waals surface area (Å²) in [6, 6.07) is 18.4. The second-order valence-electron chi connectivity index (χ2n) is 6.80. The molecule has 28 heavy (non-hydrogen) atoms. The van der Waals surface area contributed by atoms with Crippen LogP contribution < -0.4 is 0 Å². The van der Waals surface area contributed by atoms with Gasteiger partial charge in [0, 0.05) is 31.5 Å². The molecule has 140 valence electrons. The van der Waals surface area contributed by atoms with E-state index in [0.717, 1.165) is 33.6 Å². The zero-order valence-electron chi connectivity index (χ0n) is 15.9. The van der Waals surface area contributed by atoms with Crippen molar-refractivity contribution in [2.75, 3.05) is 13.6 Å². The fourth-order valence-electron chi connectivity index (χ4n) is 3.24. The molecular weight excluding hydrogens is 366 g/mol. The molecule has 0 unspecified atom stereocenters. The highest BCUT2D eigenvalue weighted by Gasteiger charge is 2.20. The second kappa shape index (κ2) is 7.90. The van der Waals surface area contributed by atoms with Crippen LogP contribution in [0.2, 0.25) is 0 Å². The highest BCUT2D eigenvalue weighted by atomic mass is 32.1. The van der Waals surface area contributed by atoms with Crippen molar-refractivity contribution < 1.29 is 4.79 Å². The van der Waals surface area contributed by atoms with Crippen molar-refractivity contribution in [3.63, 3.8) is 0 Å². The minimum Gasteiger partial charge on any atom is -0.341 e. The number of nitrogens with zero attached hydrogens (tertiary/aromatic N) is 3. The molecule has 0 aliphatic heterocycles. The summed E-state index contributed by atoms with van der Waals surface area (Å²) in [6.45, 7) is 2.55. The van der Waals surface area contributed by atoms with Crippen LogP contribution in [0.4, 0.5) is 0 Å². The van der Waals surface area contributed by atoms with Gasteiger partial charge in [-0.25, -0.2) is 4.98 Å². The molecule has 0 aliphatic rings. The van der Waals surface area contributed by atoms with Crippen molar-refractivity contribution in [1.29, 1.82) is 0 Å². The Kier molecular flexibility index (Phi) is 5.17. The molecule has 5 heteroatoms. The first-order chi connectivity index (χ1) is 13.6. The van der Waals surface area contributed by atoms with Gasteiger partial charge in [0.05, 0.1) is 5.69 Å². The summed E-state index contributed by atoms with van der Waals surface area (Å²) >= 11 is 1.47. The molecule has 0 N–H and O–H groups in total. The topological polar surface area (TPSA) is 46.1 Å². The summed E-state index contributed by atoms with van der Waals surface area (Å²) in [5, 5.41) is 3.22. The largest absolute Gasteiger partial charge is 0.341 e. The SMILES string of the molecule is Cc1nc(-c2cccc3ccccc23)sc1C(=O)N(C)CCc1cccnc1. The highest BCUT2D eigenvalue weighted by molar-refractivity contribution is 7.17. The Morgan fingerprint density at radius 2 is 1.89 bits per heavy atom. The third kappa shape index (κ3) is 3.66. The molecule has 4 aromatic rings. The van der Waals surface area contributed by atoms with Gasteiger partial charge in [-0.05, 0) is 35.7 Å². The summed E-state index contributed by atoms with van der Waals surface area (Å²) in [7, 11) is 1.84. The van der Waals surface area contributed by atoms with E-state index in [1.807, 2.05) is 50.5 Å². The van der Waals surface area contributed by atoms with Crippen LogP contribution in [0.3, 0.4) is 0 Å². The number of carbonyl (C=O) groups excluding carboxylic acids is 1. The lowest BCUT2D eigenvalue weighted by Crippen LogP contribution is -2.28. The molecule has 0 saturated carbocycles. The third-order valence-electron chi connectivity index (χ3n) is 4.82. The number of likely N-dealkylation sites (N-methyl/N-ethyl adjacent to an activating group) is 1. The van der Waals surface area contributed by atoms with Gasteiger partial charge in [-0.15, -0.1) is 11.3 Å². The monoisotopic (exact) mass is 387 g/mol. The Bertz CT molecular complexity index is 1120. The van der Waals surface area contributed by atoms with Gasteiger partial charge in [-0.3, -0.25) is 9.78 Å². The summed E-state index contributed by atoms with van der Waals surface area (Å²) < 4.78 is 0. The number of thiazole rings is 1. The van der Waals surface area contributed by atoms with E-state index < -0.39 is 0 Å². The minimum atomic E-state index is 0.0189. The summed E-state index contributed by atoms with van der Waals surface area (Å²) in [5.74, 6) is 0.0189. The normalized spacial score (nSPS) is 10.9. The lowest BCUT2D eigenvalue weighted by Gasteiger charge is -2.16. The number of amides is 1. The Morgan fingerprint density at radius 1 is 1.07 bits per heavy atom. The standard InChI is InChI=1S/C23H21N3OS/c1-16-21(23(27)26(2)14-12-17-7-6-13-24-15-17)28-22(25-16)20-11-5-9-18-8-3-4-10-19(18)20/h3-11,13,15H,12,14H2,1-2H3. The molecule has 0 bridgehead atoms. The van der Waals surface area contributed by atoms with Crippen molar-refractivity contribution in [3.05, 3.63) is 83.1 Å². The van der Waals surface area contributed by atoms with E-state index in [4.69, 9.17) is 4.98 Å². The molecule has 0 saturated heterocycles. The Balaban J connectivity index is 1.57. The summed E-state index contributed by atoms with van der Waals surface area (Å²) in [4.78, 5) is 24.3. The molecule has 0 radical (unpaired) electrons. The average molecular weight is 388 g/mol. The Morgan fingerprint density at radius 3 is 2.71 bits per heavy atom. The third-order valence-corrected chi connectivity index (χ3v) is 5.99. The second-order valence-corrected chi connectivity index (χ2v) is 7.80. The first-order valence-corrected chi connectivity index (χ1v) is 10.0. The van der Waals surface area contributed by atoms with Gasteiger partial charge in [0.25, 0.3) is 5.91 Å². The lowest BCUT2D eigenvalue weighted by molar-refractivity contribution is 0.0800. The Hall–Kier alpha value is -3.05. The van der Waals surface area contributed by atoms with E-state index in [2.05, 4.69) is 29.2 Å². The number of pyridine rings is 1. The van der Waals surface area contributed by atoms with Gasteiger partial charge < -0.3 is 4.90 Å². The van der Waals surface area contributed by atoms with Crippen molar-refractivity contribution in [3.8, 4) is 10.6 Å². The minimum absolute atomic E-state index is 0.0189. The van der Waals surface area contributed by atoms with Crippen LogP contribution in [-0.4, -0.2) is 34.4 Å². The van der Waals surface area contributed by atoms with Crippen LogP contribution in [0.5, 0.6) is 0 Å². The summed E-state index contributed by atoms with van der Waals surface area (Å²) in [6.07, 6.45) is 4.38. The van der Waals surface area contributed by atoms with E-state index in [9.17, 15) is 4.79 Å². The van der Waals surface area contributed by atoms with Gasteiger partial charge in [0.2, 0.25) is 0 Å². The summed E-state index contributed by atoms with van der Waals surface area (Å²) in [5.41, 5.74) is 2.98. The maximum atomic E-state index is 13.0. The van der Waals surface area contributed by atoms with E-state index in [-0.39, 0.29) is 5.91 Å². The number of hydrogen-bond donors (Lipinski definition) is 0. The molecule has 4 nitrogen and oxygen atoms in total. The molecule has 4 rings (SSSR count). The first-order valence-electron chi connectivity index (χ1n) is 9.23. The van der Waals surface area contributed by atoms with Crippen LogP contribution in [0.15, 0.2) is 67.0 Å². The number of aromatic nitrogens is 2. The van der Waals surface area contributed by atoms with Crippen molar-refractivity contribution in [2.45, 2.75) is 13.3 Å². The van der Waals surface area contributed by atoms with Crippen molar-refractivity contribution >= 4 is 28.0 Å². The predicted octanol–water partition coefficient (Wildman–Crippen LogP) is 4.98. The quantitative estimate of drug-likeness (QED) is 0.485. The van der Waals surface area contributed by atoms with Crippen LogP contribution in [0.1, 0.15) is 20.9 Å². The van der Waals surface area contributed by atoms with E-state index in [1.54, 1.807) is 11.1 Å². The lowest BCUT2D eigenvalue weighted by atomic mass is 10.1. The fraction of sp³-hybridized carbons (Fsp3) is 0.174. The molecule has 0 aliphatic carbocycles. The van der Waals surface area contributed by atoms with Crippen molar-refractivity contribution in [2.24, 2.45) is 0 Å². The smallest absolute Gasteiger partial charge is 0.265 e. The van der Waals surface area contributed by atoms with E-state index in [1.165, 1.54) is 16.7 Å². The molecular formula is C23H21N3OS. The molecule has 2 aromatic heterocycles. The van der Waals surface area contributed by atoms with Crippen LogP contribution in [0.25, 0.3) is 21.3 Å². The van der Waals surface area contributed by atoms with Crippen LogP contribution in [0, 0.1) is 6.92 Å². The molecule has 2 heterocycles. The van der Waals surface area contributed by atoms with E-state index in [0.29, 0.717) is 11.4 Å². The number of rotatable bonds is 5. The highest BCUT2D eigenvalue weighted by Crippen LogP contribution is 2.33. The van der Waals surface area contributed by atoms with Crippen LogP contribution >= 0.6 is 11.3 Å². The van der Waals surface area contributed by atoms with E-state index >= 15 is 0 Å². The van der Waals surface area contributed by atoms with Crippen molar-refractivity contribution in [1.82, 2.24) is 14.9 Å². The van der Waals surface area contributed by atoms with Gasteiger partial charge in [0.1, 0.15) is 9.88 Å². The average Bonchev–Trinajstić information content (AvgIpc) is 3.13. The number of aryl methyl sites for hydroxylation is 1. The molecule has 0 fully saturated rings. The van der Waals surface area contributed by atoms with Gasteiger partial charge in [0.15, 0.2) is 0 Å². The zero-order valence-corrected chi connectivity index (χ0v) is 16.7. The first kappa shape index (κ1) is 18.3. The number of hydrogen-bond acceptors (Lipinski definition) is 4.